The summed E-state index contributed by atoms with van der Waals surface area (Å²) in [5.41, 5.74) is 1.72. The number of rotatable bonds is 3. The zero-order valence-corrected chi connectivity index (χ0v) is 7.90. The van der Waals surface area contributed by atoms with Gasteiger partial charge in [-0.05, 0) is 11.1 Å². The monoisotopic (exact) mass is 203 g/mol. The molecule has 1 unspecified atom stereocenters. The molecule has 1 rings (SSSR count). The SMILES string of the molecule is O=S([O-])Cc1cccc(CCl)c1. The molecule has 0 aliphatic rings. The summed E-state index contributed by atoms with van der Waals surface area (Å²) in [6.07, 6.45) is 0. The van der Waals surface area contributed by atoms with Gasteiger partial charge in [-0.15, -0.1) is 11.6 Å². The molecule has 0 amide bonds. The predicted molar refractivity (Wildman–Crippen MR) is 48.6 cm³/mol. The molecule has 1 aromatic rings. The largest absolute Gasteiger partial charge is 0.772 e. The Morgan fingerprint density at radius 1 is 1.42 bits per heavy atom. The lowest BCUT2D eigenvalue weighted by atomic mass is 10.2. The number of alkyl halides is 1. The van der Waals surface area contributed by atoms with Crippen LogP contribution in [0.4, 0.5) is 0 Å². The Kier molecular flexibility index (Phi) is 3.72. The molecule has 12 heavy (non-hydrogen) atoms. The van der Waals surface area contributed by atoms with Crippen molar-refractivity contribution in [1.29, 1.82) is 0 Å². The van der Waals surface area contributed by atoms with Crippen LogP contribution in [-0.4, -0.2) is 8.76 Å². The van der Waals surface area contributed by atoms with E-state index in [1.54, 1.807) is 18.2 Å². The fraction of sp³-hybridized carbons (Fsp3) is 0.250. The van der Waals surface area contributed by atoms with Crippen LogP contribution in [0.3, 0.4) is 0 Å². The van der Waals surface area contributed by atoms with Crippen molar-refractivity contribution in [3.05, 3.63) is 35.4 Å². The third-order valence-corrected chi connectivity index (χ3v) is 2.31. The van der Waals surface area contributed by atoms with E-state index < -0.39 is 11.1 Å². The van der Waals surface area contributed by atoms with Crippen molar-refractivity contribution in [3.8, 4) is 0 Å². The van der Waals surface area contributed by atoms with E-state index in [1.807, 2.05) is 6.07 Å². The molecule has 0 aliphatic heterocycles. The summed E-state index contributed by atoms with van der Waals surface area (Å²) in [5, 5.41) is 0. The van der Waals surface area contributed by atoms with E-state index >= 15 is 0 Å². The number of hydrogen-bond acceptors (Lipinski definition) is 2. The minimum Gasteiger partial charge on any atom is -0.772 e. The molecule has 0 spiro atoms. The normalized spacial score (nSPS) is 12.8. The van der Waals surface area contributed by atoms with Crippen LogP contribution in [0.25, 0.3) is 0 Å². The summed E-state index contributed by atoms with van der Waals surface area (Å²) in [5.74, 6) is 0.476. The lowest BCUT2D eigenvalue weighted by Crippen LogP contribution is -1.93. The summed E-state index contributed by atoms with van der Waals surface area (Å²) < 4.78 is 20.7. The maximum atomic E-state index is 10.3. The highest BCUT2D eigenvalue weighted by Gasteiger charge is 1.94. The molecular formula is C8H8ClO2S-. The second-order valence-corrected chi connectivity index (χ2v) is 3.57. The molecular weight excluding hydrogens is 196 g/mol. The first-order valence-electron chi connectivity index (χ1n) is 3.42. The Labute approximate surface area is 78.8 Å². The average molecular weight is 204 g/mol. The fourth-order valence-corrected chi connectivity index (χ4v) is 1.56. The fourth-order valence-electron chi connectivity index (χ4n) is 0.939. The zero-order valence-electron chi connectivity index (χ0n) is 6.33. The van der Waals surface area contributed by atoms with E-state index in [0.29, 0.717) is 5.88 Å². The van der Waals surface area contributed by atoms with Gasteiger partial charge in [0, 0.05) is 11.6 Å². The van der Waals surface area contributed by atoms with Crippen molar-refractivity contribution in [2.24, 2.45) is 0 Å². The molecule has 0 N–H and O–H groups in total. The van der Waals surface area contributed by atoms with Crippen molar-refractivity contribution in [3.63, 3.8) is 0 Å². The van der Waals surface area contributed by atoms with Crippen LogP contribution in [-0.2, 0) is 22.7 Å². The number of hydrogen-bond donors (Lipinski definition) is 0. The molecule has 1 atom stereocenters. The molecule has 66 valence electrons. The van der Waals surface area contributed by atoms with Gasteiger partial charge in [0.05, 0.1) is 0 Å². The van der Waals surface area contributed by atoms with Gasteiger partial charge in [-0.1, -0.05) is 35.3 Å². The van der Waals surface area contributed by atoms with E-state index in [0.717, 1.165) is 11.1 Å². The first-order chi connectivity index (χ1) is 5.72. The minimum atomic E-state index is -2.02. The zero-order chi connectivity index (χ0) is 8.97. The summed E-state index contributed by atoms with van der Waals surface area (Å²) in [7, 11) is 0. The van der Waals surface area contributed by atoms with Crippen molar-refractivity contribution >= 4 is 22.7 Å². The van der Waals surface area contributed by atoms with Gasteiger partial charge in [-0.25, -0.2) is 0 Å². The van der Waals surface area contributed by atoms with Crippen LogP contribution in [0, 0.1) is 0 Å². The van der Waals surface area contributed by atoms with E-state index in [2.05, 4.69) is 0 Å². The van der Waals surface area contributed by atoms with Gasteiger partial charge in [0.1, 0.15) is 0 Å². The van der Waals surface area contributed by atoms with Gasteiger partial charge in [0.25, 0.3) is 0 Å². The van der Waals surface area contributed by atoms with Gasteiger partial charge in [-0.3, -0.25) is 4.21 Å². The quantitative estimate of drug-likeness (QED) is 0.555. The topological polar surface area (TPSA) is 40.1 Å². The first kappa shape index (κ1) is 9.71. The molecule has 0 radical (unpaired) electrons. The Balaban J connectivity index is 2.79. The van der Waals surface area contributed by atoms with Gasteiger partial charge < -0.3 is 4.55 Å². The highest BCUT2D eigenvalue weighted by atomic mass is 35.5. The highest BCUT2D eigenvalue weighted by molar-refractivity contribution is 7.78. The van der Waals surface area contributed by atoms with Crippen LogP contribution in [0.1, 0.15) is 11.1 Å². The van der Waals surface area contributed by atoms with Gasteiger partial charge in [0.2, 0.25) is 0 Å². The molecule has 1 aromatic carbocycles. The number of benzene rings is 1. The molecule has 0 saturated heterocycles. The third-order valence-electron chi connectivity index (χ3n) is 1.43. The van der Waals surface area contributed by atoms with Crippen LogP contribution >= 0.6 is 11.6 Å². The van der Waals surface area contributed by atoms with E-state index in [4.69, 9.17) is 11.6 Å². The minimum absolute atomic E-state index is 0.0602. The highest BCUT2D eigenvalue weighted by Crippen LogP contribution is 2.08. The van der Waals surface area contributed by atoms with Crippen molar-refractivity contribution in [2.75, 3.05) is 0 Å². The average Bonchev–Trinajstić information content (AvgIpc) is 2.03. The van der Waals surface area contributed by atoms with E-state index in [9.17, 15) is 8.76 Å². The van der Waals surface area contributed by atoms with Crippen LogP contribution in [0.5, 0.6) is 0 Å². The smallest absolute Gasteiger partial charge is 0.0474 e. The standard InChI is InChI=1S/C8H9ClO2S/c9-5-7-2-1-3-8(4-7)6-12(10)11/h1-4H,5-6H2,(H,10,11)/p-1. The summed E-state index contributed by atoms with van der Waals surface area (Å²) >= 11 is 3.56. The van der Waals surface area contributed by atoms with E-state index in [1.165, 1.54) is 0 Å². The second kappa shape index (κ2) is 4.60. The van der Waals surface area contributed by atoms with Gasteiger partial charge in [0.15, 0.2) is 0 Å². The molecule has 0 aliphatic carbocycles. The van der Waals surface area contributed by atoms with Crippen molar-refractivity contribution in [2.45, 2.75) is 11.6 Å². The Morgan fingerprint density at radius 2 is 2.08 bits per heavy atom. The van der Waals surface area contributed by atoms with Crippen molar-refractivity contribution < 1.29 is 8.76 Å². The molecule has 2 nitrogen and oxygen atoms in total. The summed E-state index contributed by atoms with van der Waals surface area (Å²) in [6, 6.07) is 7.23. The predicted octanol–water partition coefficient (Wildman–Crippen LogP) is 1.80. The van der Waals surface area contributed by atoms with Gasteiger partial charge in [-0.2, -0.15) is 0 Å². The van der Waals surface area contributed by atoms with Crippen LogP contribution in [0.15, 0.2) is 24.3 Å². The molecule has 0 heterocycles. The number of halogens is 1. The van der Waals surface area contributed by atoms with Crippen LogP contribution < -0.4 is 0 Å². The molecule has 0 aromatic heterocycles. The lowest BCUT2D eigenvalue weighted by molar-refractivity contribution is 0.536. The third kappa shape index (κ3) is 2.93. The maximum absolute atomic E-state index is 10.3. The Hall–Kier alpha value is -0.380. The molecule has 0 bridgehead atoms. The molecule has 4 heteroatoms. The van der Waals surface area contributed by atoms with E-state index in [-0.39, 0.29) is 5.75 Å². The maximum Gasteiger partial charge on any atom is 0.0474 e. The lowest BCUT2D eigenvalue weighted by Gasteiger charge is -2.05. The molecule has 0 fully saturated rings. The summed E-state index contributed by atoms with van der Waals surface area (Å²) in [4.78, 5) is 0. The Bertz CT molecular complexity index is 288. The molecule has 0 saturated carbocycles. The first-order valence-corrected chi connectivity index (χ1v) is 5.20. The van der Waals surface area contributed by atoms with Gasteiger partial charge >= 0.3 is 0 Å². The Morgan fingerprint density at radius 3 is 2.67 bits per heavy atom. The summed E-state index contributed by atoms with van der Waals surface area (Å²) in [6.45, 7) is 0. The van der Waals surface area contributed by atoms with Crippen molar-refractivity contribution in [1.82, 2.24) is 0 Å². The van der Waals surface area contributed by atoms with Crippen LogP contribution in [0.2, 0.25) is 0 Å². The second-order valence-electron chi connectivity index (χ2n) is 2.40.